The molecule has 92 valence electrons. The number of benzene rings is 1. The summed E-state index contributed by atoms with van der Waals surface area (Å²) >= 11 is 0. The highest BCUT2D eigenvalue weighted by molar-refractivity contribution is 5.70. The summed E-state index contributed by atoms with van der Waals surface area (Å²) in [6.07, 6.45) is 1.95. The summed E-state index contributed by atoms with van der Waals surface area (Å²) in [6.45, 7) is 0. The average molecular weight is 248 g/mol. The number of aromatic nitrogens is 2. The highest BCUT2D eigenvalue weighted by Crippen LogP contribution is 2.24. The summed E-state index contributed by atoms with van der Waals surface area (Å²) in [4.78, 5) is 4.43. The summed E-state index contributed by atoms with van der Waals surface area (Å²) in [5, 5.41) is 12.3. The van der Waals surface area contributed by atoms with Crippen LogP contribution in [0.2, 0.25) is 0 Å². The zero-order valence-corrected chi connectivity index (χ0v) is 10.5. The number of nitrogens with zero attached hydrogens (tertiary/aromatic N) is 3. The molecule has 2 heterocycles. The molecule has 0 fully saturated rings. The third-order valence-corrected chi connectivity index (χ3v) is 3.06. The van der Waals surface area contributed by atoms with E-state index < -0.39 is 0 Å². The van der Waals surface area contributed by atoms with Gasteiger partial charge < -0.3 is 5.32 Å². The number of nitrogens with one attached hydrogen (secondary N) is 1. The van der Waals surface area contributed by atoms with Gasteiger partial charge in [0.1, 0.15) is 11.9 Å². The van der Waals surface area contributed by atoms with Gasteiger partial charge in [0.05, 0.1) is 11.2 Å². The third-order valence-electron chi connectivity index (χ3n) is 3.06. The molecule has 4 heteroatoms. The first-order valence-electron chi connectivity index (χ1n) is 5.99. The second-order valence-corrected chi connectivity index (χ2v) is 4.18. The highest BCUT2D eigenvalue weighted by atomic mass is 15.0. The molecule has 0 amide bonds. The van der Waals surface area contributed by atoms with Crippen molar-refractivity contribution in [3.05, 3.63) is 54.4 Å². The van der Waals surface area contributed by atoms with Crippen molar-refractivity contribution >= 4 is 11.2 Å². The highest BCUT2D eigenvalue weighted by Gasteiger charge is 2.12. The molecule has 3 rings (SSSR count). The Labute approximate surface area is 110 Å². The number of rotatable bonds is 2. The van der Waals surface area contributed by atoms with Crippen LogP contribution in [0.1, 0.15) is 5.69 Å². The lowest BCUT2D eigenvalue weighted by Crippen LogP contribution is -1.93. The van der Waals surface area contributed by atoms with E-state index in [9.17, 15) is 5.26 Å². The second-order valence-electron chi connectivity index (χ2n) is 4.18. The monoisotopic (exact) mass is 248 g/mol. The molecule has 1 N–H and O–H groups in total. The van der Waals surface area contributed by atoms with Gasteiger partial charge in [-0.25, -0.2) is 4.98 Å². The quantitative estimate of drug-likeness (QED) is 0.758. The molecule has 0 unspecified atom stereocenters. The first-order chi connectivity index (χ1) is 9.33. The molecule has 0 aliphatic carbocycles. The Bertz CT molecular complexity index is 766. The van der Waals surface area contributed by atoms with Gasteiger partial charge in [-0.2, -0.15) is 5.26 Å². The molecule has 3 aromatic rings. The van der Waals surface area contributed by atoms with Crippen LogP contribution in [0.3, 0.4) is 0 Å². The first kappa shape index (κ1) is 11.3. The van der Waals surface area contributed by atoms with Gasteiger partial charge in [0, 0.05) is 18.8 Å². The number of hydrogen-bond donors (Lipinski definition) is 1. The number of pyridine rings is 1. The van der Waals surface area contributed by atoms with Crippen LogP contribution in [0.5, 0.6) is 0 Å². The first-order valence-corrected chi connectivity index (χ1v) is 5.99. The Kier molecular flexibility index (Phi) is 2.66. The lowest BCUT2D eigenvalue weighted by Gasteiger charge is -2.04. The van der Waals surface area contributed by atoms with Gasteiger partial charge in [-0.15, -0.1) is 0 Å². The van der Waals surface area contributed by atoms with Gasteiger partial charge in [0.15, 0.2) is 5.69 Å². The van der Waals surface area contributed by atoms with Crippen LogP contribution in [0.4, 0.5) is 5.69 Å². The van der Waals surface area contributed by atoms with E-state index in [2.05, 4.69) is 16.4 Å². The lowest BCUT2D eigenvalue weighted by atomic mass is 10.2. The summed E-state index contributed by atoms with van der Waals surface area (Å²) in [5.41, 5.74) is 3.24. The van der Waals surface area contributed by atoms with Crippen molar-refractivity contribution < 1.29 is 0 Å². The maximum atomic E-state index is 9.18. The van der Waals surface area contributed by atoms with Gasteiger partial charge >= 0.3 is 0 Å². The zero-order valence-electron chi connectivity index (χ0n) is 10.5. The Hall–Kier alpha value is -2.80. The normalized spacial score (nSPS) is 10.3. The Morgan fingerprint density at radius 2 is 1.95 bits per heavy atom. The molecule has 2 aromatic heterocycles. The van der Waals surface area contributed by atoms with Crippen LogP contribution in [-0.2, 0) is 0 Å². The molecule has 0 bridgehead atoms. The van der Waals surface area contributed by atoms with Gasteiger partial charge in [-0.1, -0.05) is 30.3 Å². The summed E-state index contributed by atoms with van der Waals surface area (Å²) in [7, 11) is 1.87. The van der Waals surface area contributed by atoms with E-state index in [-0.39, 0.29) is 0 Å². The van der Waals surface area contributed by atoms with Crippen molar-refractivity contribution in [2.75, 3.05) is 12.4 Å². The van der Waals surface area contributed by atoms with E-state index in [1.165, 1.54) is 0 Å². The van der Waals surface area contributed by atoms with Crippen LogP contribution in [0.25, 0.3) is 16.9 Å². The summed E-state index contributed by atoms with van der Waals surface area (Å²) in [5.74, 6) is 0.782. The van der Waals surface area contributed by atoms with Crippen molar-refractivity contribution in [3.63, 3.8) is 0 Å². The molecule has 0 atom stereocenters. The Morgan fingerprint density at radius 3 is 2.63 bits per heavy atom. The number of hydrogen-bond acceptors (Lipinski definition) is 3. The van der Waals surface area contributed by atoms with Gasteiger partial charge in [0.25, 0.3) is 0 Å². The standard InChI is InChI=1S/C15H12N4/c1-17-12-7-8-14-13(9-16)18-15(19(14)10-12)11-5-3-2-4-6-11/h2-8,10,17H,1H3. The fourth-order valence-corrected chi connectivity index (χ4v) is 2.11. The minimum absolute atomic E-state index is 0.446. The van der Waals surface area contributed by atoms with E-state index >= 15 is 0 Å². The minimum atomic E-state index is 0.446. The minimum Gasteiger partial charge on any atom is -0.387 e. The Balaban J connectivity index is 2.33. The zero-order chi connectivity index (χ0) is 13.2. The SMILES string of the molecule is CNc1ccc2c(C#N)nc(-c3ccccc3)n2c1. The molecule has 0 aliphatic rings. The smallest absolute Gasteiger partial charge is 0.166 e. The molecular formula is C15H12N4. The third kappa shape index (κ3) is 1.81. The van der Waals surface area contributed by atoms with Crippen LogP contribution in [0, 0.1) is 11.3 Å². The van der Waals surface area contributed by atoms with Crippen LogP contribution >= 0.6 is 0 Å². The topological polar surface area (TPSA) is 53.1 Å². The van der Waals surface area contributed by atoms with E-state index in [4.69, 9.17) is 0 Å². The van der Waals surface area contributed by atoms with E-state index in [1.807, 2.05) is 60.1 Å². The summed E-state index contributed by atoms with van der Waals surface area (Å²) in [6, 6.07) is 15.9. The predicted octanol–water partition coefficient (Wildman–Crippen LogP) is 2.91. The maximum absolute atomic E-state index is 9.18. The Morgan fingerprint density at radius 1 is 1.16 bits per heavy atom. The number of imidazole rings is 1. The largest absolute Gasteiger partial charge is 0.387 e. The van der Waals surface area contributed by atoms with Gasteiger partial charge in [-0.05, 0) is 12.1 Å². The van der Waals surface area contributed by atoms with E-state index in [1.54, 1.807) is 0 Å². The molecule has 0 saturated heterocycles. The molecule has 0 saturated carbocycles. The molecule has 0 spiro atoms. The van der Waals surface area contributed by atoms with Gasteiger partial charge in [-0.3, -0.25) is 4.40 Å². The number of fused-ring (bicyclic) bond motifs is 1. The second kappa shape index (κ2) is 4.46. The maximum Gasteiger partial charge on any atom is 0.166 e. The molecule has 0 radical (unpaired) electrons. The van der Waals surface area contributed by atoms with Crippen molar-refractivity contribution in [2.45, 2.75) is 0 Å². The van der Waals surface area contributed by atoms with E-state index in [0.717, 1.165) is 22.6 Å². The fraction of sp³-hybridized carbons (Fsp3) is 0.0667. The van der Waals surface area contributed by atoms with Crippen LogP contribution in [0.15, 0.2) is 48.7 Å². The van der Waals surface area contributed by atoms with Gasteiger partial charge in [0.2, 0.25) is 0 Å². The average Bonchev–Trinajstić information content (AvgIpc) is 2.86. The molecular weight excluding hydrogens is 236 g/mol. The van der Waals surface area contributed by atoms with Crippen molar-refractivity contribution in [3.8, 4) is 17.5 Å². The summed E-state index contributed by atoms with van der Waals surface area (Å²) < 4.78 is 1.94. The number of nitriles is 1. The fourth-order valence-electron chi connectivity index (χ4n) is 2.11. The molecule has 0 aliphatic heterocycles. The van der Waals surface area contributed by atoms with Crippen molar-refractivity contribution in [1.82, 2.24) is 9.38 Å². The molecule has 4 nitrogen and oxygen atoms in total. The van der Waals surface area contributed by atoms with Crippen molar-refractivity contribution in [1.29, 1.82) is 5.26 Å². The predicted molar refractivity (Wildman–Crippen MR) is 74.9 cm³/mol. The van der Waals surface area contributed by atoms with Crippen LogP contribution < -0.4 is 5.32 Å². The van der Waals surface area contributed by atoms with Crippen LogP contribution in [-0.4, -0.2) is 16.4 Å². The number of anilines is 1. The van der Waals surface area contributed by atoms with E-state index in [0.29, 0.717) is 5.69 Å². The molecule has 19 heavy (non-hydrogen) atoms. The van der Waals surface area contributed by atoms with Crippen molar-refractivity contribution in [2.24, 2.45) is 0 Å². The molecule has 1 aromatic carbocycles. The lowest BCUT2D eigenvalue weighted by molar-refractivity contribution is 1.16.